The Bertz CT molecular complexity index is 940. The molecule has 0 atom stereocenters. The summed E-state index contributed by atoms with van der Waals surface area (Å²) in [6, 6.07) is 14.7. The van der Waals surface area contributed by atoms with E-state index in [-0.39, 0.29) is 12.4 Å². The summed E-state index contributed by atoms with van der Waals surface area (Å²) in [5.41, 5.74) is 2.19. The van der Waals surface area contributed by atoms with Crippen LogP contribution in [0.25, 0.3) is 17.0 Å². The van der Waals surface area contributed by atoms with Crippen LogP contribution in [0.5, 0.6) is 5.75 Å². The lowest BCUT2D eigenvalue weighted by molar-refractivity contribution is -0.136. The highest BCUT2D eigenvalue weighted by Crippen LogP contribution is 2.18. The van der Waals surface area contributed by atoms with Gasteiger partial charge in [-0.1, -0.05) is 30.3 Å². The molecule has 0 aliphatic carbocycles. The SMILES string of the molecule is COc1cccc(C=CC(=O)OCC(=O)c2c[nH]c3ccccc23)c1. The highest BCUT2D eigenvalue weighted by atomic mass is 16.5. The number of esters is 1. The monoisotopic (exact) mass is 335 g/mol. The second kappa shape index (κ2) is 7.49. The van der Waals surface area contributed by atoms with Gasteiger partial charge in [-0.3, -0.25) is 4.79 Å². The van der Waals surface area contributed by atoms with E-state index in [1.54, 1.807) is 25.4 Å². The van der Waals surface area contributed by atoms with E-state index in [9.17, 15) is 9.59 Å². The first-order valence-corrected chi connectivity index (χ1v) is 7.75. The number of hydrogen-bond acceptors (Lipinski definition) is 4. The van der Waals surface area contributed by atoms with Crippen LogP contribution in [0.15, 0.2) is 60.8 Å². The summed E-state index contributed by atoms with van der Waals surface area (Å²) in [7, 11) is 1.58. The second-order valence-corrected chi connectivity index (χ2v) is 5.39. The normalized spacial score (nSPS) is 10.9. The van der Waals surface area contributed by atoms with Gasteiger partial charge < -0.3 is 14.5 Å². The lowest BCUT2D eigenvalue weighted by Crippen LogP contribution is -2.12. The van der Waals surface area contributed by atoms with Crippen molar-refractivity contribution in [3.63, 3.8) is 0 Å². The number of ether oxygens (including phenoxy) is 2. The molecular formula is C20H17NO4. The van der Waals surface area contributed by atoms with E-state index in [0.29, 0.717) is 11.3 Å². The van der Waals surface area contributed by atoms with Gasteiger partial charge >= 0.3 is 5.97 Å². The topological polar surface area (TPSA) is 68.4 Å². The zero-order valence-electron chi connectivity index (χ0n) is 13.7. The van der Waals surface area contributed by atoms with Crippen LogP contribution in [0.2, 0.25) is 0 Å². The Balaban J connectivity index is 1.60. The average Bonchev–Trinajstić information content (AvgIpc) is 3.09. The Morgan fingerprint density at radius 3 is 2.80 bits per heavy atom. The predicted octanol–water partition coefficient (Wildman–Crippen LogP) is 3.62. The van der Waals surface area contributed by atoms with E-state index in [4.69, 9.17) is 9.47 Å². The van der Waals surface area contributed by atoms with Crippen LogP contribution < -0.4 is 4.74 Å². The summed E-state index contributed by atoms with van der Waals surface area (Å²) in [4.78, 5) is 27.1. The van der Waals surface area contributed by atoms with Gasteiger partial charge in [-0.15, -0.1) is 0 Å². The minimum atomic E-state index is -0.573. The number of nitrogens with one attached hydrogen (secondary N) is 1. The highest BCUT2D eigenvalue weighted by Gasteiger charge is 2.13. The molecule has 1 N–H and O–H groups in total. The molecule has 3 aromatic rings. The fourth-order valence-corrected chi connectivity index (χ4v) is 2.47. The predicted molar refractivity (Wildman–Crippen MR) is 95.6 cm³/mol. The van der Waals surface area contributed by atoms with Crippen molar-refractivity contribution in [1.82, 2.24) is 4.98 Å². The van der Waals surface area contributed by atoms with Crippen molar-refractivity contribution in [1.29, 1.82) is 0 Å². The molecule has 0 fully saturated rings. The van der Waals surface area contributed by atoms with Crippen molar-refractivity contribution in [2.75, 3.05) is 13.7 Å². The summed E-state index contributed by atoms with van der Waals surface area (Å²) in [6.45, 7) is -0.302. The molecule has 0 saturated heterocycles. The number of carbonyl (C=O) groups is 2. The maximum atomic E-state index is 12.2. The lowest BCUT2D eigenvalue weighted by Gasteiger charge is -2.02. The number of H-pyrrole nitrogens is 1. The summed E-state index contributed by atoms with van der Waals surface area (Å²) < 4.78 is 10.2. The van der Waals surface area contributed by atoms with Crippen molar-refractivity contribution >= 4 is 28.7 Å². The summed E-state index contributed by atoms with van der Waals surface area (Å²) in [6.07, 6.45) is 4.53. The maximum Gasteiger partial charge on any atom is 0.331 e. The number of aromatic amines is 1. The maximum absolute atomic E-state index is 12.2. The standard InChI is InChI=1S/C20H17NO4/c1-24-15-6-4-5-14(11-15)9-10-20(23)25-13-19(22)17-12-21-18-8-3-2-7-16(17)18/h2-12,21H,13H2,1H3. The molecule has 5 heteroatoms. The van der Waals surface area contributed by atoms with E-state index in [1.807, 2.05) is 42.5 Å². The molecule has 1 heterocycles. The van der Waals surface area contributed by atoms with Crippen LogP contribution in [0.1, 0.15) is 15.9 Å². The van der Waals surface area contributed by atoms with Crippen LogP contribution in [-0.2, 0) is 9.53 Å². The molecule has 0 saturated carbocycles. The summed E-state index contributed by atoms with van der Waals surface area (Å²) in [5.74, 6) is -0.123. The number of methoxy groups -OCH3 is 1. The summed E-state index contributed by atoms with van der Waals surface area (Å²) >= 11 is 0. The highest BCUT2D eigenvalue weighted by molar-refractivity contribution is 6.09. The molecule has 5 nitrogen and oxygen atoms in total. The Labute approximate surface area is 144 Å². The van der Waals surface area contributed by atoms with Gasteiger partial charge in [-0.2, -0.15) is 0 Å². The first-order chi connectivity index (χ1) is 12.2. The van der Waals surface area contributed by atoms with Crippen LogP contribution in [-0.4, -0.2) is 30.5 Å². The molecular weight excluding hydrogens is 318 g/mol. The Hall–Kier alpha value is -3.34. The smallest absolute Gasteiger partial charge is 0.331 e. The zero-order chi connectivity index (χ0) is 17.6. The number of carbonyl (C=O) groups excluding carboxylic acids is 2. The van der Waals surface area contributed by atoms with Crippen molar-refractivity contribution in [3.8, 4) is 5.75 Å². The van der Waals surface area contributed by atoms with E-state index >= 15 is 0 Å². The molecule has 0 amide bonds. The van der Waals surface area contributed by atoms with Gasteiger partial charge in [0.05, 0.1) is 7.11 Å². The molecule has 1 aromatic heterocycles. The zero-order valence-corrected chi connectivity index (χ0v) is 13.7. The van der Waals surface area contributed by atoms with Crippen LogP contribution in [0, 0.1) is 0 Å². The van der Waals surface area contributed by atoms with E-state index < -0.39 is 5.97 Å². The molecule has 0 spiro atoms. The van der Waals surface area contributed by atoms with Crippen LogP contribution in [0.4, 0.5) is 0 Å². The van der Waals surface area contributed by atoms with Gasteiger partial charge in [0.1, 0.15) is 5.75 Å². The van der Waals surface area contributed by atoms with Gasteiger partial charge in [0, 0.05) is 28.7 Å². The van der Waals surface area contributed by atoms with E-state index in [2.05, 4.69) is 4.98 Å². The molecule has 126 valence electrons. The third-order valence-corrected chi connectivity index (χ3v) is 3.74. The van der Waals surface area contributed by atoms with Gasteiger partial charge in [0.2, 0.25) is 5.78 Å². The molecule has 2 aromatic carbocycles. The third kappa shape index (κ3) is 3.95. The number of ketones is 1. The van der Waals surface area contributed by atoms with Crippen LogP contribution >= 0.6 is 0 Å². The average molecular weight is 335 g/mol. The van der Waals surface area contributed by atoms with E-state index in [1.165, 1.54) is 6.08 Å². The minimum absolute atomic E-state index is 0.249. The largest absolute Gasteiger partial charge is 0.497 e. The lowest BCUT2D eigenvalue weighted by atomic mass is 10.1. The second-order valence-electron chi connectivity index (χ2n) is 5.39. The number of fused-ring (bicyclic) bond motifs is 1. The number of rotatable bonds is 6. The minimum Gasteiger partial charge on any atom is -0.497 e. The Morgan fingerprint density at radius 2 is 1.96 bits per heavy atom. The summed E-state index contributed by atoms with van der Waals surface area (Å²) in [5, 5.41) is 0.815. The number of aromatic nitrogens is 1. The molecule has 0 aliphatic heterocycles. The fraction of sp³-hybridized carbons (Fsp3) is 0.100. The fourth-order valence-electron chi connectivity index (χ4n) is 2.47. The van der Waals surface area contributed by atoms with Gasteiger partial charge in [-0.25, -0.2) is 4.79 Å². The molecule has 0 bridgehead atoms. The Morgan fingerprint density at radius 1 is 1.12 bits per heavy atom. The molecule has 0 unspecified atom stereocenters. The Kier molecular flexibility index (Phi) is 4.95. The molecule has 0 aliphatic rings. The first kappa shape index (κ1) is 16.5. The number of para-hydroxylation sites is 1. The quantitative estimate of drug-likeness (QED) is 0.424. The molecule has 0 radical (unpaired) electrons. The number of benzene rings is 2. The third-order valence-electron chi connectivity index (χ3n) is 3.74. The molecule has 3 rings (SSSR count). The number of Topliss-reactive ketones (excluding diaryl/α,β-unsaturated/α-hetero) is 1. The van der Waals surface area contributed by atoms with Gasteiger partial charge in [-0.05, 0) is 29.8 Å². The first-order valence-electron chi connectivity index (χ1n) is 7.75. The van der Waals surface area contributed by atoms with Crippen molar-refractivity contribution in [3.05, 3.63) is 71.9 Å². The van der Waals surface area contributed by atoms with Gasteiger partial charge in [0.15, 0.2) is 6.61 Å². The van der Waals surface area contributed by atoms with Gasteiger partial charge in [0.25, 0.3) is 0 Å². The number of hydrogen-bond donors (Lipinski definition) is 1. The van der Waals surface area contributed by atoms with Crippen molar-refractivity contribution in [2.24, 2.45) is 0 Å². The van der Waals surface area contributed by atoms with Crippen LogP contribution in [0.3, 0.4) is 0 Å². The van der Waals surface area contributed by atoms with E-state index in [0.717, 1.165) is 16.5 Å². The van der Waals surface area contributed by atoms with Crippen molar-refractivity contribution < 1.29 is 19.1 Å². The molecule has 25 heavy (non-hydrogen) atoms. The van der Waals surface area contributed by atoms with Crippen molar-refractivity contribution in [2.45, 2.75) is 0 Å².